The van der Waals surface area contributed by atoms with E-state index in [0.29, 0.717) is 0 Å². The standard InChI is InChI=1S/C13H12Cl2O6/c1-5(7-3-9(16)20-11(7)18)13(14,15)6(2)8-4-10(17)21-12(8)19/h3,5-6,8H,4H2,1-2H3. The number of cyclic esters (lactones) is 4. The first-order valence-corrected chi connectivity index (χ1v) is 7.00. The number of carbonyl (C=O) groups excluding carboxylic acids is 4. The first-order chi connectivity index (χ1) is 9.64. The van der Waals surface area contributed by atoms with Crippen LogP contribution in [0.4, 0.5) is 0 Å². The molecule has 0 aromatic rings. The van der Waals surface area contributed by atoms with Crippen molar-refractivity contribution in [2.45, 2.75) is 24.6 Å². The number of hydrogen-bond acceptors (Lipinski definition) is 6. The van der Waals surface area contributed by atoms with Crippen molar-refractivity contribution in [1.29, 1.82) is 0 Å². The van der Waals surface area contributed by atoms with Gasteiger partial charge in [0.2, 0.25) is 0 Å². The average molecular weight is 335 g/mol. The van der Waals surface area contributed by atoms with Gasteiger partial charge in [-0.05, 0) is 0 Å². The van der Waals surface area contributed by atoms with Gasteiger partial charge in [0.15, 0.2) is 0 Å². The third-order valence-corrected chi connectivity index (χ3v) is 5.20. The molecule has 2 aliphatic heterocycles. The second-order valence-electron chi connectivity index (χ2n) is 5.10. The molecule has 0 amide bonds. The van der Waals surface area contributed by atoms with Gasteiger partial charge >= 0.3 is 23.9 Å². The highest BCUT2D eigenvalue weighted by molar-refractivity contribution is 6.49. The lowest BCUT2D eigenvalue weighted by molar-refractivity contribution is -0.154. The summed E-state index contributed by atoms with van der Waals surface area (Å²) < 4.78 is 7.33. The van der Waals surface area contributed by atoms with Gasteiger partial charge < -0.3 is 9.47 Å². The number of esters is 4. The van der Waals surface area contributed by atoms with Crippen molar-refractivity contribution in [2.75, 3.05) is 0 Å². The molecular weight excluding hydrogens is 323 g/mol. The van der Waals surface area contributed by atoms with Crippen molar-refractivity contribution in [3.8, 4) is 0 Å². The summed E-state index contributed by atoms with van der Waals surface area (Å²) in [6.45, 7) is 3.13. The Morgan fingerprint density at radius 2 is 1.81 bits per heavy atom. The Morgan fingerprint density at radius 1 is 1.19 bits per heavy atom. The Hall–Kier alpha value is -1.40. The van der Waals surface area contributed by atoms with Crippen molar-refractivity contribution in [3.05, 3.63) is 11.6 Å². The Balaban J connectivity index is 2.22. The van der Waals surface area contributed by atoms with Gasteiger partial charge in [0.25, 0.3) is 0 Å². The van der Waals surface area contributed by atoms with Crippen LogP contribution in [0.1, 0.15) is 20.3 Å². The van der Waals surface area contributed by atoms with E-state index in [0.717, 1.165) is 6.08 Å². The van der Waals surface area contributed by atoms with Gasteiger partial charge in [0.1, 0.15) is 4.33 Å². The van der Waals surface area contributed by atoms with E-state index in [-0.39, 0.29) is 12.0 Å². The Kier molecular flexibility index (Phi) is 4.13. The fourth-order valence-electron chi connectivity index (χ4n) is 2.41. The molecule has 2 rings (SSSR count). The number of hydrogen-bond donors (Lipinski definition) is 0. The number of alkyl halides is 2. The molecule has 0 aromatic carbocycles. The quantitative estimate of drug-likeness (QED) is 0.440. The van der Waals surface area contributed by atoms with Gasteiger partial charge in [-0.2, -0.15) is 0 Å². The monoisotopic (exact) mass is 334 g/mol. The first kappa shape index (κ1) is 16.0. The maximum absolute atomic E-state index is 11.6. The average Bonchev–Trinajstić information content (AvgIpc) is 2.89. The normalized spacial score (nSPS) is 25.5. The molecular formula is C13H12Cl2O6. The fourth-order valence-corrected chi connectivity index (χ4v) is 2.95. The lowest BCUT2D eigenvalue weighted by Gasteiger charge is -2.34. The van der Waals surface area contributed by atoms with Crippen LogP contribution in [0, 0.1) is 17.8 Å². The second kappa shape index (κ2) is 5.42. The van der Waals surface area contributed by atoms with Gasteiger partial charge in [-0.15, -0.1) is 23.2 Å². The van der Waals surface area contributed by atoms with E-state index in [1.165, 1.54) is 0 Å². The van der Waals surface area contributed by atoms with Crippen molar-refractivity contribution in [2.24, 2.45) is 17.8 Å². The zero-order chi connectivity index (χ0) is 15.9. The molecule has 114 valence electrons. The van der Waals surface area contributed by atoms with Crippen LogP contribution in [-0.4, -0.2) is 28.2 Å². The minimum Gasteiger partial charge on any atom is -0.393 e. The number of ether oxygens (including phenoxy) is 2. The fraction of sp³-hybridized carbons (Fsp3) is 0.538. The zero-order valence-corrected chi connectivity index (χ0v) is 12.7. The molecule has 0 spiro atoms. The van der Waals surface area contributed by atoms with Crippen LogP contribution in [0.15, 0.2) is 11.6 Å². The Bertz CT molecular complexity index is 565. The summed E-state index contributed by atoms with van der Waals surface area (Å²) in [6.07, 6.45) is 0.910. The number of halogens is 2. The lowest BCUT2D eigenvalue weighted by atomic mass is 9.81. The molecule has 0 N–H and O–H groups in total. The van der Waals surface area contributed by atoms with Gasteiger partial charge in [-0.3, -0.25) is 9.59 Å². The van der Waals surface area contributed by atoms with E-state index in [1.807, 2.05) is 0 Å². The van der Waals surface area contributed by atoms with E-state index in [9.17, 15) is 19.2 Å². The minimum atomic E-state index is -1.55. The molecule has 0 radical (unpaired) electrons. The van der Waals surface area contributed by atoms with E-state index in [1.54, 1.807) is 13.8 Å². The number of carbonyl (C=O) groups is 4. The summed E-state index contributed by atoms with van der Waals surface area (Å²) in [5, 5.41) is 0. The molecule has 21 heavy (non-hydrogen) atoms. The summed E-state index contributed by atoms with van der Waals surface area (Å²) in [5.74, 6) is -5.14. The van der Waals surface area contributed by atoms with Gasteiger partial charge in [0.05, 0.1) is 17.9 Å². The predicted molar refractivity (Wildman–Crippen MR) is 71.2 cm³/mol. The Morgan fingerprint density at radius 3 is 2.24 bits per heavy atom. The van der Waals surface area contributed by atoms with Crippen molar-refractivity contribution >= 4 is 47.1 Å². The molecule has 8 heteroatoms. The van der Waals surface area contributed by atoms with Crippen LogP contribution in [0.25, 0.3) is 0 Å². The van der Waals surface area contributed by atoms with E-state index in [4.69, 9.17) is 23.2 Å². The van der Waals surface area contributed by atoms with Crippen molar-refractivity contribution in [3.63, 3.8) is 0 Å². The van der Waals surface area contributed by atoms with Crippen LogP contribution in [0.3, 0.4) is 0 Å². The van der Waals surface area contributed by atoms with Crippen LogP contribution in [0.5, 0.6) is 0 Å². The van der Waals surface area contributed by atoms with E-state index in [2.05, 4.69) is 9.47 Å². The summed E-state index contributed by atoms with van der Waals surface area (Å²) in [7, 11) is 0. The number of rotatable bonds is 4. The highest BCUT2D eigenvalue weighted by atomic mass is 35.5. The van der Waals surface area contributed by atoms with Crippen molar-refractivity contribution < 1.29 is 28.7 Å². The summed E-state index contributed by atoms with van der Waals surface area (Å²) >= 11 is 12.6. The molecule has 1 saturated heterocycles. The molecule has 3 atom stereocenters. The summed E-state index contributed by atoms with van der Waals surface area (Å²) in [5.41, 5.74) is 0.0366. The summed E-state index contributed by atoms with van der Waals surface area (Å²) in [4.78, 5) is 45.4. The maximum Gasteiger partial charge on any atom is 0.342 e. The molecule has 2 aliphatic rings. The second-order valence-corrected chi connectivity index (χ2v) is 6.54. The third-order valence-electron chi connectivity index (χ3n) is 3.86. The topological polar surface area (TPSA) is 86.7 Å². The van der Waals surface area contributed by atoms with Crippen LogP contribution < -0.4 is 0 Å². The van der Waals surface area contributed by atoms with Crippen molar-refractivity contribution in [1.82, 2.24) is 0 Å². The largest absolute Gasteiger partial charge is 0.393 e. The maximum atomic E-state index is 11.6. The highest BCUT2D eigenvalue weighted by Crippen LogP contribution is 2.47. The Labute approximate surface area is 130 Å². The van der Waals surface area contributed by atoms with Gasteiger partial charge in [-0.1, -0.05) is 13.8 Å². The zero-order valence-electron chi connectivity index (χ0n) is 11.2. The minimum absolute atomic E-state index is 0.0366. The highest BCUT2D eigenvalue weighted by Gasteiger charge is 2.50. The molecule has 0 aromatic heterocycles. The third kappa shape index (κ3) is 2.82. The summed E-state index contributed by atoms with van der Waals surface area (Å²) in [6, 6.07) is 0. The van der Waals surface area contributed by atoms with Crippen LogP contribution in [-0.2, 0) is 28.7 Å². The molecule has 6 nitrogen and oxygen atoms in total. The van der Waals surface area contributed by atoms with Crippen LogP contribution in [0.2, 0.25) is 0 Å². The smallest absolute Gasteiger partial charge is 0.342 e. The SMILES string of the molecule is CC(C1=CC(=O)OC1=O)C(Cl)(Cl)C(C)C1CC(=O)OC1=O. The molecule has 0 saturated carbocycles. The predicted octanol–water partition coefficient (Wildman–Crippen LogP) is 1.53. The molecule has 1 fully saturated rings. The van der Waals surface area contributed by atoms with E-state index >= 15 is 0 Å². The molecule has 0 aliphatic carbocycles. The lowest BCUT2D eigenvalue weighted by Crippen LogP contribution is -2.39. The molecule has 0 bridgehead atoms. The van der Waals surface area contributed by atoms with E-state index < -0.39 is 46.0 Å². The first-order valence-electron chi connectivity index (χ1n) is 6.24. The molecule has 3 unspecified atom stereocenters. The molecule has 2 heterocycles. The van der Waals surface area contributed by atoms with Crippen LogP contribution >= 0.6 is 23.2 Å². The van der Waals surface area contributed by atoms with Gasteiger partial charge in [0, 0.05) is 17.9 Å². The van der Waals surface area contributed by atoms with Gasteiger partial charge in [-0.25, -0.2) is 9.59 Å².